The minimum absolute atomic E-state index is 0.0854. The Kier molecular flexibility index (Phi) is 5.93. The van der Waals surface area contributed by atoms with E-state index in [1.54, 1.807) is 14.2 Å². The molecule has 108 valence electrons. The lowest BCUT2D eigenvalue weighted by Crippen LogP contribution is -2.06. The normalized spacial score (nSPS) is 11.4. The molecular formula is C15H26O3P+. The summed E-state index contributed by atoms with van der Waals surface area (Å²) >= 11 is 0. The molecule has 0 radical (unpaired) electrons. The maximum absolute atomic E-state index is 9.94. The van der Waals surface area contributed by atoms with Gasteiger partial charge in [-0.1, -0.05) is 0 Å². The third-order valence-corrected chi connectivity index (χ3v) is 9.13. The van der Waals surface area contributed by atoms with E-state index in [2.05, 4.69) is 20.8 Å². The van der Waals surface area contributed by atoms with Crippen molar-refractivity contribution in [2.75, 3.05) is 32.7 Å². The van der Waals surface area contributed by atoms with Gasteiger partial charge in [0.25, 0.3) is 0 Å². The Bertz CT molecular complexity index is 381. The molecule has 0 unspecified atom stereocenters. The van der Waals surface area contributed by atoms with Crippen LogP contribution in [0.5, 0.6) is 17.2 Å². The molecule has 19 heavy (non-hydrogen) atoms. The largest absolute Gasteiger partial charge is 0.502 e. The van der Waals surface area contributed by atoms with Gasteiger partial charge in [0.15, 0.2) is 11.5 Å². The summed E-state index contributed by atoms with van der Waals surface area (Å²) in [7, 11) is 2.21. The summed E-state index contributed by atoms with van der Waals surface area (Å²) in [6.45, 7) is 6.86. The van der Waals surface area contributed by atoms with Crippen LogP contribution in [-0.4, -0.2) is 37.8 Å². The highest BCUT2D eigenvalue weighted by Gasteiger charge is 2.32. The van der Waals surface area contributed by atoms with Crippen LogP contribution in [0.3, 0.4) is 0 Å². The zero-order valence-corrected chi connectivity index (χ0v) is 13.6. The van der Waals surface area contributed by atoms with Crippen molar-refractivity contribution in [2.45, 2.75) is 26.9 Å². The van der Waals surface area contributed by atoms with Gasteiger partial charge >= 0.3 is 0 Å². The second kappa shape index (κ2) is 7.00. The van der Waals surface area contributed by atoms with E-state index in [-0.39, 0.29) is 5.75 Å². The minimum Gasteiger partial charge on any atom is -0.502 e. The molecule has 3 nitrogen and oxygen atoms in total. The van der Waals surface area contributed by atoms with Gasteiger partial charge in [0.1, 0.15) is 0 Å². The molecule has 0 aliphatic rings. The van der Waals surface area contributed by atoms with Gasteiger partial charge in [0.2, 0.25) is 5.75 Å². The first-order valence-corrected chi connectivity index (χ1v) is 9.37. The topological polar surface area (TPSA) is 38.7 Å². The van der Waals surface area contributed by atoms with Gasteiger partial charge in [0.05, 0.1) is 38.9 Å². The summed E-state index contributed by atoms with van der Waals surface area (Å²) in [6, 6.07) is 3.88. The lowest BCUT2D eigenvalue weighted by molar-refractivity contribution is 0.339. The van der Waals surface area contributed by atoms with Crippen molar-refractivity contribution in [2.24, 2.45) is 0 Å². The molecule has 0 bridgehead atoms. The first-order valence-electron chi connectivity index (χ1n) is 6.84. The molecule has 1 aromatic carbocycles. The highest BCUT2D eigenvalue weighted by Crippen LogP contribution is 2.61. The van der Waals surface area contributed by atoms with Gasteiger partial charge in [-0.15, -0.1) is 0 Å². The third kappa shape index (κ3) is 3.54. The molecule has 0 atom stereocenters. The molecule has 0 aliphatic heterocycles. The fraction of sp³-hybridized carbons (Fsp3) is 0.600. The van der Waals surface area contributed by atoms with Crippen molar-refractivity contribution in [3.63, 3.8) is 0 Å². The first-order chi connectivity index (χ1) is 9.05. The third-order valence-electron chi connectivity index (χ3n) is 4.07. The molecule has 1 N–H and O–H groups in total. The summed E-state index contributed by atoms with van der Waals surface area (Å²) in [6.07, 6.45) is 4.85. The molecule has 1 aromatic rings. The Balaban J connectivity index is 3.13. The van der Waals surface area contributed by atoms with Crippen LogP contribution in [0.1, 0.15) is 26.3 Å². The predicted octanol–water partition coefficient (Wildman–Crippen LogP) is 3.99. The van der Waals surface area contributed by atoms with Crippen LogP contribution in [0.2, 0.25) is 0 Å². The Morgan fingerprint density at radius 2 is 1.37 bits per heavy atom. The Morgan fingerprint density at radius 3 is 1.68 bits per heavy atom. The number of aromatic hydroxyl groups is 1. The quantitative estimate of drug-likeness (QED) is 0.770. The zero-order chi connectivity index (χ0) is 14.5. The number of hydrogen-bond acceptors (Lipinski definition) is 3. The molecule has 0 aromatic heterocycles. The van der Waals surface area contributed by atoms with Crippen LogP contribution < -0.4 is 9.47 Å². The number of hydrogen-bond donors (Lipinski definition) is 1. The average molecular weight is 285 g/mol. The van der Waals surface area contributed by atoms with Crippen molar-refractivity contribution in [1.82, 2.24) is 0 Å². The van der Waals surface area contributed by atoms with Crippen LogP contribution >= 0.6 is 7.26 Å². The number of methoxy groups -OCH3 is 2. The number of phenols is 1. The first kappa shape index (κ1) is 16.1. The molecule has 1 rings (SSSR count). The van der Waals surface area contributed by atoms with Crippen LogP contribution in [0.4, 0.5) is 0 Å². The van der Waals surface area contributed by atoms with E-state index in [1.807, 2.05) is 12.1 Å². The second-order valence-corrected chi connectivity index (χ2v) is 9.69. The van der Waals surface area contributed by atoms with Crippen LogP contribution in [-0.2, 0) is 6.16 Å². The maximum Gasteiger partial charge on any atom is 0.200 e. The standard InChI is InChI=1S/C15H25O3P/c1-6-19(7-2,8-3)11-12-9-13(17-4)15(16)14(10-12)18-5/h9-10H,6-8,11H2,1-5H3/p+1. The molecule has 0 aliphatic carbocycles. The number of rotatable bonds is 7. The van der Waals surface area contributed by atoms with Gasteiger partial charge in [0, 0.05) is 7.26 Å². The van der Waals surface area contributed by atoms with Crippen molar-refractivity contribution < 1.29 is 14.6 Å². The molecule has 0 saturated heterocycles. The number of benzene rings is 1. The van der Waals surface area contributed by atoms with E-state index >= 15 is 0 Å². The molecule has 0 amide bonds. The van der Waals surface area contributed by atoms with Gasteiger partial charge < -0.3 is 14.6 Å². The lowest BCUT2D eigenvalue weighted by atomic mass is 10.2. The fourth-order valence-corrected chi connectivity index (χ4v) is 5.40. The summed E-state index contributed by atoms with van der Waals surface area (Å²) < 4.78 is 10.5. The molecule has 0 fully saturated rings. The van der Waals surface area contributed by atoms with E-state index in [9.17, 15) is 5.11 Å². The van der Waals surface area contributed by atoms with Crippen molar-refractivity contribution >= 4 is 7.26 Å². The second-order valence-electron chi connectivity index (χ2n) is 4.80. The van der Waals surface area contributed by atoms with E-state index in [4.69, 9.17) is 9.47 Å². The highest BCUT2D eigenvalue weighted by molar-refractivity contribution is 7.75. The van der Waals surface area contributed by atoms with E-state index in [1.165, 1.54) is 24.0 Å². The van der Waals surface area contributed by atoms with E-state index in [0.717, 1.165) is 6.16 Å². The summed E-state index contributed by atoms with van der Waals surface area (Å²) in [4.78, 5) is 0. The smallest absolute Gasteiger partial charge is 0.200 e. The van der Waals surface area contributed by atoms with Gasteiger partial charge in [-0.25, -0.2) is 0 Å². The van der Waals surface area contributed by atoms with E-state index < -0.39 is 7.26 Å². The van der Waals surface area contributed by atoms with Crippen molar-refractivity contribution in [1.29, 1.82) is 0 Å². The van der Waals surface area contributed by atoms with Gasteiger partial charge in [-0.2, -0.15) is 0 Å². The SMILES string of the molecule is CC[P+](CC)(CC)Cc1cc(OC)c(O)c(OC)c1. The number of ether oxygens (including phenoxy) is 2. The minimum atomic E-state index is -0.929. The van der Waals surface area contributed by atoms with Crippen molar-refractivity contribution in [3.05, 3.63) is 17.7 Å². The van der Waals surface area contributed by atoms with Crippen molar-refractivity contribution in [3.8, 4) is 17.2 Å². The predicted molar refractivity (Wildman–Crippen MR) is 83.5 cm³/mol. The van der Waals surface area contributed by atoms with Gasteiger partial charge in [-0.05, 0) is 38.5 Å². The fourth-order valence-electron chi connectivity index (χ4n) is 2.43. The Morgan fingerprint density at radius 1 is 0.947 bits per heavy atom. The lowest BCUT2D eigenvalue weighted by Gasteiger charge is -2.24. The molecule has 0 heterocycles. The maximum atomic E-state index is 9.94. The summed E-state index contributed by atoms with van der Waals surface area (Å²) in [5.74, 6) is 1.08. The molecule has 4 heteroatoms. The monoisotopic (exact) mass is 285 g/mol. The van der Waals surface area contributed by atoms with Gasteiger partial charge in [-0.3, -0.25) is 0 Å². The van der Waals surface area contributed by atoms with Crippen LogP contribution in [0.25, 0.3) is 0 Å². The summed E-state index contributed by atoms with van der Waals surface area (Å²) in [5.41, 5.74) is 1.20. The van der Waals surface area contributed by atoms with Crippen LogP contribution in [0, 0.1) is 0 Å². The summed E-state index contributed by atoms with van der Waals surface area (Å²) in [5, 5.41) is 9.94. The molecule has 0 saturated carbocycles. The van der Waals surface area contributed by atoms with E-state index in [0.29, 0.717) is 11.5 Å². The highest BCUT2D eigenvalue weighted by atomic mass is 31.2. The number of phenolic OH excluding ortho intramolecular Hbond substituents is 1. The average Bonchev–Trinajstić information content (AvgIpc) is 2.46. The molecular weight excluding hydrogens is 259 g/mol. The zero-order valence-electron chi connectivity index (χ0n) is 12.7. The Hall–Kier alpha value is -0.950. The van der Waals surface area contributed by atoms with Crippen LogP contribution in [0.15, 0.2) is 12.1 Å². The molecule has 0 spiro atoms. The Labute approximate surface area is 117 Å².